The molecule has 32 heavy (non-hydrogen) atoms. The zero-order valence-electron chi connectivity index (χ0n) is 16.9. The molecular weight excluding hydrogens is 477 g/mol. The number of fused-ring (bicyclic) bond motifs is 1. The number of nitrogens with zero attached hydrogens (tertiary/aromatic N) is 1. The molecule has 1 atom stereocenters. The highest BCUT2D eigenvalue weighted by molar-refractivity contribution is 8.01. The van der Waals surface area contributed by atoms with Crippen LogP contribution in [0.25, 0.3) is 0 Å². The van der Waals surface area contributed by atoms with E-state index in [2.05, 4.69) is 10.0 Å². The molecule has 0 aliphatic carbocycles. The summed E-state index contributed by atoms with van der Waals surface area (Å²) in [5, 5.41) is 1.88. The Morgan fingerprint density at radius 2 is 1.84 bits per heavy atom. The van der Waals surface area contributed by atoms with Gasteiger partial charge in [0.2, 0.25) is 11.8 Å². The second-order valence-corrected chi connectivity index (χ2v) is 10.9. The Morgan fingerprint density at radius 3 is 2.53 bits per heavy atom. The number of amides is 2. The second kappa shape index (κ2) is 9.29. The number of sulfonamides is 1. The number of hydrogen-bond donors (Lipinski definition) is 2. The molecule has 1 fully saturated rings. The SMILES string of the molecule is O=C1Nc2cc(S(=O)(=O)Nc3ccc(Cl)cc3F)ccc2SC1C(=O)N1CCCCCC1. The van der Waals surface area contributed by atoms with E-state index in [9.17, 15) is 22.4 Å². The molecule has 4 rings (SSSR count). The van der Waals surface area contributed by atoms with Crippen molar-refractivity contribution >= 4 is 56.6 Å². The summed E-state index contributed by atoms with van der Waals surface area (Å²) < 4.78 is 41.6. The first-order chi connectivity index (χ1) is 15.2. The number of likely N-dealkylation sites (tertiary alicyclic amines) is 1. The molecule has 2 aliphatic rings. The van der Waals surface area contributed by atoms with Crippen molar-refractivity contribution in [1.82, 2.24) is 4.90 Å². The van der Waals surface area contributed by atoms with Crippen molar-refractivity contribution in [3.05, 3.63) is 47.2 Å². The normalized spacial score (nSPS) is 19.0. The Balaban J connectivity index is 1.53. The van der Waals surface area contributed by atoms with Crippen LogP contribution in [0, 0.1) is 5.82 Å². The van der Waals surface area contributed by atoms with Gasteiger partial charge in [0, 0.05) is 23.0 Å². The highest BCUT2D eigenvalue weighted by atomic mass is 35.5. The van der Waals surface area contributed by atoms with Crippen LogP contribution in [0.1, 0.15) is 25.7 Å². The van der Waals surface area contributed by atoms with Crippen LogP contribution < -0.4 is 10.0 Å². The number of hydrogen-bond acceptors (Lipinski definition) is 5. The zero-order chi connectivity index (χ0) is 22.9. The van der Waals surface area contributed by atoms with Gasteiger partial charge in [-0.2, -0.15) is 0 Å². The molecule has 0 radical (unpaired) electrons. The number of carbonyl (C=O) groups excluding carboxylic acids is 2. The third-order valence-electron chi connectivity index (χ3n) is 5.32. The van der Waals surface area contributed by atoms with E-state index in [1.165, 1.54) is 30.3 Å². The van der Waals surface area contributed by atoms with Crippen LogP contribution in [-0.4, -0.2) is 43.5 Å². The van der Waals surface area contributed by atoms with Gasteiger partial charge in [0.15, 0.2) is 5.25 Å². The summed E-state index contributed by atoms with van der Waals surface area (Å²) in [6.07, 6.45) is 3.98. The summed E-state index contributed by atoms with van der Waals surface area (Å²) in [6.45, 7) is 1.28. The number of carbonyl (C=O) groups is 2. The third kappa shape index (κ3) is 4.87. The number of thioether (sulfide) groups is 1. The Morgan fingerprint density at radius 1 is 1.12 bits per heavy atom. The molecule has 1 unspecified atom stereocenters. The molecule has 0 bridgehead atoms. The van der Waals surface area contributed by atoms with Crippen molar-refractivity contribution in [1.29, 1.82) is 0 Å². The summed E-state index contributed by atoms with van der Waals surface area (Å²) in [5.74, 6) is -1.52. The number of nitrogens with one attached hydrogen (secondary N) is 2. The first-order valence-corrected chi connectivity index (χ1v) is 12.9. The standard InChI is InChI=1S/C21H21ClFN3O4S2/c22-13-5-7-16(15(23)11-13)25-32(29,30)14-6-8-18-17(12-14)24-20(27)19(31-18)21(28)26-9-3-1-2-4-10-26/h5-8,11-12,19,25H,1-4,9-10H2,(H,24,27). The number of anilines is 2. The van der Waals surface area contributed by atoms with Gasteiger partial charge >= 0.3 is 0 Å². The lowest BCUT2D eigenvalue weighted by molar-refractivity contribution is -0.133. The molecule has 170 valence electrons. The fourth-order valence-corrected chi connectivity index (χ4v) is 5.96. The molecule has 1 saturated heterocycles. The van der Waals surface area contributed by atoms with Crippen LogP contribution in [0.5, 0.6) is 0 Å². The van der Waals surface area contributed by atoms with E-state index in [1.807, 2.05) is 0 Å². The first-order valence-electron chi connectivity index (χ1n) is 10.1. The first kappa shape index (κ1) is 22.9. The molecule has 0 saturated carbocycles. The fourth-order valence-electron chi connectivity index (χ4n) is 3.65. The van der Waals surface area contributed by atoms with Gasteiger partial charge in [0.05, 0.1) is 16.3 Å². The third-order valence-corrected chi connectivity index (χ3v) is 8.18. The van der Waals surface area contributed by atoms with E-state index in [0.29, 0.717) is 23.7 Å². The van der Waals surface area contributed by atoms with Crippen LogP contribution in [0.15, 0.2) is 46.2 Å². The lowest BCUT2D eigenvalue weighted by Gasteiger charge is -2.28. The predicted molar refractivity (Wildman–Crippen MR) is 122 cm³/mol. The van der Waals surface area contributed by atoms with Crippen LogP contribution in [0.3, 0.4) is 0 Å². The average molecular weight is 498 g/mol. The van der Waals surface area contributed by atoms with E-state index in [-0.39, 0.29) is 21.5 Å². The van der Waals surface area contributed by atoms with Crippen LogP contribution in [0.4, 0.5) is 15.8 Å². The fraction of sp³-hybridized carbons (Fsp3) is 0.333. The smallest absolute Gasteiger partial charge is 0.262 e. The largest absolute Gasteiger partial charge is 0.341 e. The Kier molecular flexibility index (Phi) is 6.64. The van der Waals surface area contributed by atoms with Crippen molar-refractivity contribution in [2.24, 2.45) is 0 Å². The van der Waals surface area contributed by atoms with Crippen molar-refractivity contribution in [2.45, 2.75) is 40.7 Å². The summed E-state index contributed by atoms with van der Waals surface area (Å²) in [7, 11) is -4.12. The molecule has 7 nitrogen and oxygen atoms in total. The van der Waals surface area contributed by atoms with Gasteiger partial charge in [-0.3, -0.25) is 14.3 Å². The minimum atomic E-state index is -4.12. The van der Waals surface area contributed by atoms with Gasteiger partial charge in [0.1, 0.15) is 5.82 Å². The van der Waals surface area contributed by atoms with Gasteiger partial charge in [-0.25, -0.2) is 12.8 Å². The average Bonchev–Trinajstić information content (AvgIpc) is 3.04. The summed E-state index contributed by atoms with van der Waals surface area (Å²) in [4.78, 5) is 27.7. The van der Waals surface area contributed by atoms with Gasteiger partial charge in [-0.05, 0) is 49.2 Å². The number of benzene rings is 2. The minimum Gasteiger partial charge on any atom is -0.341 e. The summed E-state index contributed by atoms with van der Waals surface area (Å²) >= 11 is 6.81. The molecule has 2 heterocycles. The van der Waals surface area contributed by atoms with Gasteiger partial charge in [0.25, 0.3) is 10.0 Å². The van der Waals surface area contributed by atoms with Crippen molar-refractivity contribution in [3.63, 3.8) is 0 Å². The Labute approximate surface area is 194 Å². The minimum absolute atomic E-state index is 0.142. The Bertz CT molecular complexity index is 1170. The maximum absolute atomic E-state index is 14.0. The molecule has 2 N–H and O–H groups in total. The van der Waals surface area contributed by atoms with Crippen LogP contribution in [0.2, 0.25) is 5.02 Å². The van der Waals surface area contributed by atoms with E-state index in [4.69, 9.17) is 11.6 Å². The van der Waals surface area contributed by atoms with E-state index in [1.54, 1.807) is 4.90 Å². The molecule has 0 spiro atoms. The summed E-state index contributed by atoms with van der Waals surface area (Å²) in [6, 6.07) is 7.79. The van der Waals surface area contributed by atoms with Gasteiger partial charge in [-0.1, -0.05) is 24.4 Å². The summed E-state index contributed by atoms with van der Waals surface area (Å²) in [5.41, 5.74) is 0.0491. The van der Waals surface area contributed by atoms with Crippen molar-refractivity contribution in [2.75, 3.05) is 23.1 Å². The quantitative estimate of drug-likeness (QED) is 0.620. The highest BCUT2D eigenvalue weighted by Crippen LogP contribution is 2.38. The van der Waals surface area contributed by atoms with Crippen molar-refractivity contribution < 1.29 is 22.4 Å². The molecule has 2 aromatic rings. The van der Waals surface area contributed by atoms with E-state index >= 15 is 0 Å². The van der Waals surface area contributed by atoms with E-state index in [0.717, 1.165) is 43.5 Å². The molecule has 11 heteroatoms. The highest BCUT2D eigenvalue weighted by Gasteiger charge is 2.36. The second-order valence-electron chi connectivity index (χ2n) is 7.61. The monoisotopic (exact) mass is 497 g/mol. The molecule has 0 aromatic heterocycles. The lowest BCUT2D eigenvalue weighted by atomic mass is 10.2. The van der Waals surface area contributed by atoms with Gasteiger partial charge < -0.3 is 10.2 Å². The predicted octanol–water partition coefficient (Wildman–Crippen LogP) is 4.10. The maximum atomic E-state index is 14.0. The Hall–Kier alpha value is -2.30. The molecule has 2 aromatic carbocycles. The van der Waals surface area contributed by atoms with Crippen LogP contribution >= 0.6 is 23.4 Å². The van der Waals surface area contributed by atoms with Crippen molar-refractivity contribution in [3.8, 4) is 0 Å². The van der Waals surface area contributed by atoms with Crippen LogP contribution in [-0.2, 0) is 19.6 Å². The topological polar surface area (TPSA) is 95.6 Å². The van der Waals surface area contributed by atoms with E-state index < -0.39 is 27.0 Å². The van der Waals surface area contributed by atoms with Gasteiger partial charge in [-0.15, -0.1) is 11.8 Å². The maximum Gasteiger partial charge on any atom is 0.262 e. The number of rotatable bonds is 4. The molecule has 2 amide bonds. The molecular formula is C21H21ClFN3O4S2. The molecule has 2 aliphatic heterocycles. The number of halogens is 2. The lowest BCUT2D eigenvalue weighted by Crippen LogP contribution is -2.45. The zero-order valence-corrected chi connectivity index (χ0v) is 19.3.